The summed E-state index contributed by atoms with van der Waals surface area (Å²) in [5.74, 6) is -1.08. The highest BCUT2D eigenvalue weighted by Crippen LogP contribution is 2.35. The standard InChI is InChI=1S/C23H23ClF3N3O4S/c1-12-8-16(5-7-21(12)35(28)33)29-22(32)18-11-17(9-13(2)31)30(14(18)3)19-6-4-15(24)10-20(19)34-23(25,26)27/h4-8,10-11,13,31H,9,28H2,1-3H3,(H,29,32). The van der Waals surface area contributed by atoms with Gasteiger partial charge in [0.1, 0.15) is 11.0 Å². The van der Waals surface area contributed by atoms with Crippen molar-refractivity contribution in [2.24, 2.45) is 5.14 Å². The number of anilines is 1. The molecule has 2 atom stereocenters. The smallest absolute Gasteiger partial charge is 0.403 e. The predicted octanol–water partition coefficient (Wildman–Crippen LogP) is 4.80. The number of benzene rings is 2. The Kier molecular flexibility index (Phi) is 7.95. The summed E-state index contributed by atoms with van der Waals surface area (Å²) in [5.41, 5.74) is 1.93. The van der Waals surface area contributed by atoms with Crippen LogP contribution in [0.25, 0.3) is 5.69 Å². The highest BCUT2D eigenvalue weighted by atomic mass is 35.5. The molecule has 3 rings (SSSR count). The molecule has 0 radical (unpaired) electrons. The number of hydrogen-bond donors (Lipinski definition) is 3. The third kappa shape index (κ3) is 6.43. The summed E-state index contributed by atoms with van der Waals surface area (Å²) < 4.78 is 56.3. The Morgan fingerprint density at radius 1 is 1.23 bits per heavy atom. The van der Waals surface area contributed by atoms with Gasteiger partial charge < -0.3 is 19.7 Å². The Labute approximate surface area is 207 Å². The van der Waals surface area contributed by atoms with E-state index in [4.69, 9.17) is 16.7 Å². The van der Waals surface area contributed by atoms with Crippen molar-refractivity contribution in [1.29, 1.82) is 0 Å². The summed E-state index contributed by atoms with van der Waals surface area (Å²) >= 11 is 5.90. The van der Waals surface area contributed by atoms with Crippen molar-refractivity contribution < 1.29 is 32.0 Å². The van der Waals surface area contributed by atoms with Gasteiger partial charge in [0.25, 0.3) is 5.91 Å². The van der Waals surface area contributed by atoms with Gasteiger partial charge in [0, 0.05) is 34.6 Å². The molecule has 0 saturated carbocycles. The van der Waals surface area contributed by atoms with Gasteiger partial charge in [-0.2, -0.15) is 0 Å². The molecule has 0 spiro atoms. The predicted molar refractivity (Wildman–Crippen MR) is 127 cm³/mol. The maximum Gasteiger partial charge on any atom is 0.573 e. The summed E-state index contributed by atoms with van der Waals surface area (Å²) in [4.78, 5) is 13.5. The summed E-state index contributed by atoms with van der Waals surface area (Å²) in [6, 6.07) is 9.96. The minimum absolute atomic E-state index is 0.00421. The van der Waals surface area contributed by atoms with E-state index in [0.29, 0.717) is 27.5 Å². The van der Waals surface area contributed by atoms with E-state index in [9.17, 15) is 27.3 Å². The van der Waals surface area contributed by atoms with E-state index < -0.39 is 35.1 Å². The second-order valence-corrected chi connectivity index (χ2v) is 9.39. The van der Waals surface area contributed by atoms with Crippen molar-refractivity contribution in [2.45, 2.75) is 44.6 Å². The number of aryl methyl sites for hydroxylation is 1. The molecule has 0 aliphatic carbocycles. The Morgan fingerprint density at radius 3 is 2.49 bits per heavy atom. The zero-order chi connectivity index (χ0) is 26.1. The first-order valence-corrected chi connectivity index (χ1v) is 11.9. The molecule has 0 saturated heterocycles. The lowest BCUT2D eigenvalue weighted by Gasteiger charge is -2.18. The van der Waals surface area contributed by atoms with Crippen LogP contribution < -0.4 is 15.2 Å². The average molecular weight is 530 g/mol. The lowest BCUT2D eigenvalue weighted by molar-refractivity contribution is -0.274. The molecule has 12 heteroatoms. The van der Waals surface area contributed by atoms with Crippen molar-refractivity contribution in [3.05, 3.63) is 70.0 Å². The molecule has 1 aromatic heterocycles. The van der Waals surface area contributed by atoms with E-state index in [1.54, 1.807) is 26.0 Å². The van der Waals surface area contributed by atoms with Crippen molar-refractivity contribution in [3.63, 3.8) is 0 Å². The van der Waals surface area contributed by atoms with E-state index in [-0.39, 0.29) is 22.7 Å². The number of hydrogen-bond acceptors (Lipinski definition) is 4. The van der Waals surface area contributed by atoms with Gasteiger partial charge in [-0.3, -0.25) is 4.79 Å². The first-order chi connectivity index (χ1) is 16.3. The number of nitrogens with one attached hydrogen (secondary N) is 1. The number of aliphatic hydroxyl groups is 1. The molecule has 2 unspecified atom stereocenters. The summed E-state index contributed by atoms with van der Waals surface area (Å²) in [6.07, 6.45) is -5.76. The number of nitrogens with zero attached hydrogens (tertiary/aromatic N) is 1. The van der Waals surface area contributed by atoms with Crippen molar-refractivity contribution in [1.82, 2.24) is 4.57 Å². The van der Waals surface area contributed by atoms with Crippen LogP contribution in [0.1, 0.15) is 34.2 Å². The summed E-state index contributed by atoms with van der Waals surface area (Å²) in [6.45, 7) is 4.78. The van der Waals surface area contributed by atoms with Crippen LogP contribution in [0.2, 0.25) is 5.02 Å². The van der Waals surface area contributed by atoms with Gasteiger partial charge in [-0.1, -0.05) is 11.6 Å². The minimum Gasteiger partial charge on any atom is -0.403 e. The van der Waals surface area contributed by atoms with Crippen LogP contribution in [0.5, 0.6) is 5.75 Å². The third-order valence-corrected chi connectivity index (χ3v) is 6.24. The number of amides is 1. The highest BCUT2D eigenvalue weighted by molar-refractivity contribution is 7.82. The second-order valence-electron chi connectivity index (χ2n) is 7.91. The van der Waals surface area contributed by atoms with E-state index in [0.717, 1.165) is 6.07 Å². The average Bonchev–Trinajstić information content (AvgIpc) is 3.02. The molecule has 1 amide bonds. The van der Waals surface area contributed by atoms with Crippen molar-refractivity contribution >= 4 is 34.2 Å². The van der Waals surface area contributed by atoms with Crippen molar-refractivity contribution in [2.75, 3.05) is 5.32 Å². The largest absolute Gasteiger partial charge is 0.573 e. The Hall–Kier alpha value is -2.86. The normalized spacial score (nSPS) is 13.4. The van der Waals surface area contributed by atoms with Crippen LogP contribution in [-0.4, -0.2) is 32.3 Å². The van der Waals surface area contributed by atoms with E-state index in [1.807, 2.05) is 0 Å². The number of aromatic nitrogens is 1. The summed E-state index contributed by atoms with van der Waals surface area (Å²) in [7, 11) is -1.68. The number of halogens is 4. The number of alkyl halides is 3. The molecule has 0 bridgehead atoms. The molecule has 188 valence electrons. The molecule has 35 heavy (non-hydrogen) atoms. The number of aliphatic hydroxyl groups excluding tert-OH is 1. The van der Waals surface area contributed by atoms with Gasteiger partial charge in [-0.25, -0.2) is 9.35 Å². The van der Waals surface area contributed by atoms with Gasteiger partial charge in [-0.05, 0) is 62.7 Å². The fraction of sp³-hybridized carbons (Fsp3) is 0.261. The number of carbonyl (C=O) groups is 1. The molecular weight excluding hydrogens is 507 g/mol. The quantitative estimate of drug-likeness (QED) is 0.408. The van der Waals surface area contributed by atoms with Crippen LogP contribution in [0.3, 0.4) is 0 Å². The molecule has 2 aromatic carbocycles. The van der Waals surface area contributed by atoms with E-state index in [1.165, 1.54) is 35.8 Å². The van der Waals surface area contributed by atoms with E-state index in [2.05, 4.69) is 10.1 Å². The minimum atomic E-state index is -4.97. The number of rotatable bonds is 7. The zero-order valence-electron chi connectivity index (χ0n) is 18.9. The first-order valence-electron chi connectivity index (χ1n) is 10.3. The lowest BCUT2D eigenvalue weighted by atomic mass is 10.1. The van der Waals surface area contributed by atoms with Gasteiger partial charge in [0.15, 0.2) is 5.75 Å². The van der Waals surface area contributed by atoms with E-state index >= 15 is 0 Å². The first kappa shape index (κ1) is 26.7. The molecule has 0 aliphatic heterocycles. The molecule has 4 N–H and O–H groups in total. The second kappa shape index (κ2) is 10.4. The van der Waals surface area contributed by atoms with Crippen molar-refractivity contribution in [3.8, 4) is 11.4 Å². The van der Waals surface area contributed by atoms with Crippen LogP contribution in [0.4, 0.5) is 18.9 Å². The van der Waals surface area contributed by atoms with Crippen LogP contribution in [0.15, 0.2) is 47.4 Å². The lowest BCUT2D eigenvalue weighted by Crippen LogP contribution is -2.19. The summed E-state index contributed by atoms with van der Waals surface area (Å²) in [5, 5.41) is 18.2. The fourth-order valence-electron chi connectivity index (χ4n) is 3.72. The van der Waals surface area contributed by atoms with Gasteiger partial charge in [0.05, 0.1) is 22.3 Å². The fourth-order valence-corrected chi connectivity index (χ4v) is 4.46. The SMILES string of the molecule is Cc1cc(NC(=O)c2cc(CC(C)O)n(-c3ccc(Cl)cc3OC(F)(F)F)c2C)ccc1S(N)=O. The highest BCUT2D eigenvalue weighted by Gasteiger charge is 2.33. The maximum atomic E-state index is 13.1. The van der Waals surface area contributed by atoms with Crippen LogP contribution >= 0.6 is 11.6 Å². The number of carbonyl (C=O) groups excluding carboxylic acids is 1. The number of ether oxygens (including phenoxy) is 1. The van der Waals surface area contributed by atoms with Crippen LogP contribution in [0, 0.1) is 13.8 Å². The zero-order valence-corrected chi connectivity index (χ0v) is 20.5. The molecule has 0 aliphatic rings. The monoisotopic (exact) mass is 529 g/mol. The van der Waals surface area contributed by atoms with Gasteiger partial charge in [-0.15, -0.1) is 13.2 Å². The van der Waals surface area contributed by atoms with Gasteiger partial charge >= 0.3 is 6.36 Å². The topological polar surface area (TPSA) is 107 Å². The molecular formula is C23H23ClF3N3O4S. The third-order valence-electron chi connectivity index (χ3n) is 5.11. The molecule has 7 nitrogen and oxygen atoms in total. The van der Waals surface area contributed by atoms with Crippen LogP contribution in [-0.2, 0) is 17.4 Å². The molecule has 1 heterocycles. The molecule has 0 fully saturated rings. The maximum absolute atomic E-state index is 13.1. The Bertz CT molecular complexity index is 1290. The Balaban J connectivity index is 2.07. The molecule has 3 aromatic rings. The van der Waals surface area contributed by atoms with Gasteiger partial charge in [0.2, 0.25) is 0 Å². The number of nitrogens with two attached hydrogens (primary N) is 1. The Morgan fingerprint density at radius 2 is 1.91 bits per heavy atom.